The number of para-hydroxylation sites is 1. The molecule has 1 N–H and O–H groups in total. The molecule has 0 aliphatic rings. The molecule has 0 radical (unpaired) electrons. The summed E-state index contributed by atoms with van der Waals surface area (Å²) in [6, 6.07) is 11.9. The first-order valence-corrected chi connectivity index (χ1v) is 7.59. The van der Waals surface area contributed by atoms with Gasteiger partial charge in [0.05, 0.1) is 12.7 Å². The SMILES string of the molecule is COc1ccccc1CCNC(=O)COc1cccc(C(F)(F)F)c1. The third-order valence-electron chi connectivity index (χ3n) is 3.44. The molecule has 0 aromatic heterocycles. The highest BCUT2D eigenvalue weighted by atomic mass is 19.4. The van der Waals surface area contributed by atoms with Gasteiger partial charge in [0.25, 0.3) is 5.91 Å². The number of rotatable bonds is 7. The van der Waals surface area contributed by atoms with Gasteiger partial charge in [-0.1, -0.05) is 24.3 Å². The van der Waals surface area contributed by atoms with E-state index < -0.39 is 17.6 Å². The van der Waals surface area contributed by atoms with Crippen LogP contribution in [0.2, 0.25) is 0 Å². The molecule has 0 fully saturated rings. The number of nitrogens with one attached hydrogen (secondary N) is 1. The van der Waals surface area contributed by atoms with Crippen molar-refractivity contribution in [2.75, 3.05) is 20.3 Å². The monoisotopic (exact) mass is 353 g/mol. The summed E-state index contributed by atoms with van der Waals surface area (Å²) in [5.41, 5.74) is 0.130. The van der Waals surface area contributed by atoms with E-state index in [1.165, 1.54) is 12.1 Å². The van der Waals surface area contributed by atoms with Gasteiger partial charge >= 0.3 is 6.18 Å². The fourth-order valence-corrected chi connectivity index (χ4v) is 2.21. The summed E-state index contributed by atoms with van der Waals surface area (Å²) in [6.45, 7) is 0.0123. The first-order chi connectivity index (χ1) is 11.9. The molecule has 25 heavy (non-hydrogen) atoms. The van der Waals surface area contributed by atoms with E-state index in [1.54, 1.807) is 7.11 Å². The molecule has 0 bridgehead atoms. The molecule has 134 valence electrons. The van der Waals surface area contributed by atoms with Crippen LogP contribution in [-0.2, 0) is 17.4 Å². The molecule has 0 aliphatic heterocycles. The molecule has 4 nitrogen and oxygen atoms in total. The molecule has 0 saturated carbocycles. The Bertz CT molecular complexity index is 717. The second-order valence-electron chi connectivity index (χ2n) is 5.23. The Hall–Kier alpha value is -2.70. The molecular weight excluding hydrogens is 335 g/mol. The summed E-state index contributed by atoms with van der Waals surface area (Å²) in [4.78, 5) is 11.8. The van der Waals surface area contributed by atoms with Gasteiger partial charge in [0.1, 0.15) is 11.5 Å². The molecule has 0 aliphatic carbocycles. The van der Waals surface area contributed by atoms with Crippen LogP contribution in [-0.4, -0.2) is 26.2 Å². The van der Waals surface area contributed by atoms with E-state index >= 15 is 0 Å². The minimum absolute atomic E-state index is 0.00490. The highest BCUT2D eigenvalue weighted by Gasteiger charge is 2.30. The van der Waals surface area contributed by atoms with Crippen LogP contribution in [0.4, 0.5) is 13.2 Å². The molecule has 2 aromatic rings. The second-order valence-corrected chi connectivity index (χ2v) is 5.23. The van der Waals surface area contributed by atoms with Gasteiger partial charge < -0.3 is 14.8 Å². The molecule has 0 atom stereocenters. The largest absolute Gasteiger partial charge is 0.496 e. The molecule has 2 rings (SSSR count). The smallest absolute Gasteiger partial charge is 0.416 e. The summed E-state index contributed by atoms with van der Waals surface area (Å²) in [6.07, 6.45) is -3.88. The molecule has 1 amide bonds. The maximum absolute atomic E-state index is 12.6. The lowest BCUT2D eigenvalue weighted by Gasteiger charge is -2.11. The van der Waals surface area contributed by atoms with Crippen LogP contribution in [0, 0.1) is 0 Å². The number of ether oxygens (including phenoxy) is 2. The summed E-state index contributed by atoms with van der Waals surface area (Å²) in [5.74, 6) is 0.318. The molecule has 0 saturated heterocycles. The predicted octanol–water partition coefficient (Wildman–Crippen LogP) is 3.45. The van der Waals surface area contributed by atoms with Gasteiger partial charge in [-0.05, 0) is 36.2 Å². The van der Waals surface area contributed by atoms with E-state index in [-0.39, 0.29) is 12.4 Å². The van der Waals surface area contributed by atoms with Crippen molar-refractivity contribution in [3.63, 3.8) is 0 Å². The van der Waals surface area contributed by atoms with Crippen molar-refractivity contribution in [3.8, 4) is 11.5 Å². The highest BCUT2D eigenvalue weighted by Crippen LogP contribution is 2.31. The van der Waals surface area contributed by atoms with Crippen molar-refractivity contribution < 1.29 is 27.4 Å². The summed E-state index contributed by atoms with van der Waals surface area (Å²) >= 11 is 0. The average molecular weight is 353 g/mol. The van der Waals surface area contributed by atoms with E-state index in [0.717, 1.165) is 23.4 Å². The average Bonchev–Trinajstić information content (AvgIpc) is 2.60. The van der Waals surface area contributed by atoms with Gasteiger partial charge in [0, 0.05) is 6.54 Å². The zero-order chi connectivity index (χ0) is 18.3. The molecule has 7 heteroatoms. The first kappa shape index (κ1) is 18.6. The number of hydrogen-bond acceptors (Lipinski definition) is 3. The highest BCUT2D eigenvalue weighted by molar-refractivity contribution is 5.77. The normalized spacial score (nSPS) is 11.0. The quantitative estimate of drug-likeness (QED) is 0.829. The number of amides is 1. The van der Waals surface area contributed by atoms with E-state index in [0.29, 0.717) is 13.0 Å². The van der Waals surface area contributed by atoms with Crippen LogP contribution in [0.5, 0.6) is 11.5 Å². The number of carbonyl (C=O) groups excluding carboxylic acids is 1. The van der Waals surface area contributed by atoms with E-state index in [4.69, 9.17) is 9.47 Å². The number of hydrogen-bond donors (Lipinski definition) is 1. The van der Waals surface area contributed by atoms with Crippen LogP contribution in [0.1, 0.15) is 11.1 Å². The number of benzene rings is 2. The van der Waals surface area contributed by atoms with Crippen molar-refractivity contribution in [3.05, 3.63) is 59.7 Å². The Kier molecular flexibility index (Phi) is 6.27. The van der Waals surface area contributed by atoms with Crippen LogP contribution >= 0.6 is 0 Å². The van der Waals surface area contributed by atoms with Crippen LogP contribution in [0.3, 0.4) is 0 Å². The molecule has 0 unspecified atom stereocenters. The Morgan fingerprint density at radius 1 is 1.12 bits per heavy atom. The zero-order valence-electron chi connectivity index (χ0n) is 13.6. The lowest BCUT2D eigenvalue weighted by molar-refractivity contribution is -0.137. The van der Waals surface area contributed by atoms with Crippen LogP contribution < -0.4 is 14.8 Å². The van der Waals surface area contributed by atoms with Crippen molar-refractivity contribution >= 4 is 5.91 Å². The number of halogens is 3. The zero-order valence-corrected chi connectivity index (χ0v) is 13.6. The maximum atomic E-state index is 12.6. The van der Waals surface area contributed by atoms with Crippen molar-refractivity contribution in [2.24, 2.45) is 0 Å². The Balaban J connectivity index is 1.79. The fraction of sp³-hybridized carbons (Fsp3) is 0.278. The van der Waals surface area contributed by atoms with Gasteiger partial charge in [-0.3, -0.25) is 4.79 Å². The van der Waals surface area contributed by atoms with Gasteiger partial charge in [-0.15, -0.1) is 0 Å². The third-order valence-corrected chi connectivity index (χ3v) is 3.44. The van der Waals surface area contributed by atoms with Gasteiger partial charge in [-0.2, -0.15) is 13.2 Å². The maximum Gasteiger partial charge on any atom is 0.416 e. The van der Waals surface area contributed by atoms with Crippen molar-refractivity contribution in [1.29, 1.82) is 0 Å². The fourth-order valence-electron chi connectivity index (χ4n) is 2.21. The topological polar surface area (TPSA) is 47.6 Å². The summed E-state index contributed by atoms with van der Waals surface area (Å²) < 4.78 is 48.2. The molecule has 2 aromatic carbocycles. The van der Waals surface area contributed by atoms with E-state index in [9.17, 15) is 18.0 Å². The van der Waals surface area contributed by atoms with E-state index in [2.05, 4.69) is 5.32 Å². The van der Waals surface area contributed by atoms with Crippen LogP contribution in [0.25, 0.3) is 0 Å². The van der Waals surface area contributed by atoms with E-state index in [1.807, 2.05) is 24.3 Å². The van der Waals surface area contributed by atoms with Gasteiger partial charge in [0.2, 0.25) is 0 Å². The lowest BCUT2D eigenvalue weighted by atomic mass is 10.1. The Morgan fingerprint density at radius 3 is 2.60 bits per heavy atom. The van der Waals surface area contributed by atoms with Crippen molar-refractivity contribution in [1.82, 2.24) is 5.32 Å². The molecule has 0 heterocycles. The van der Waals surface area contributed by atoms with Gasteiger partial charge in [0.15, 0.2) is 6.61 Å². The summed E-state index contributed by atoms with van der Waals surface area (Å²) in [7, 11) is 1.57. The predicted molar refractivity (Wildman–Crippen MR) is 86.6 cm³/mol. The molecular formula is C18H18F3NO3. The lowest BCUT2D eigenvalue weighted by Crippen LogP contribution is -2.30. The number of alkyl halides is 3. The Labute approximate surface area is 143 Å². The minimum Gasteiger partial charge on any atom is -0.496 e. The number of methoxy groups -OCH3 is 1. The standard InChI is InChI=1S/C18H18F3NO3/c1-24-16-8-3-2-5-13(16)9-10-22-17(23)12-25-15-7-4-6-14(11-15)18(19,20)21/h2-8,11H,9-10,12H2,1H3,(H,22,23). The summed E-state index contributed by atoms with van der Waals surface area (Å²) in [5, 5.41) is 2.66. The molecule has 0 spiro atoms. The van der Waals surface area contributed by atoms with Crippen molar-refractivity contribution in [2.45, 2.75) is 12.6 Å². The minimum atomic E-state index is -4.45. The second kappa shape index (κ2) is 8.41. The Morgan fingerprint density at radius 2 is 1.88 bits per heavy atom. The van der Waals surface area contributed by atoms with Crippen LogP contribution in [0.15, 0.2) is 48.5 Å². The number of carbonyl (C=O) groups is 1. The third kappa shape index (κ3) is 5.70. The van der Waals surface area contributed by atoms with Gasteiger partial charge in [-0.25, -0.2) is 0 Å². The first-order valence-electron chi connectivity index (χ1n) is 7.59.